The quantitative estimate of drug-likeness (QED) is 0.754. The summed E-state index contributed by atoms with van der Waals surface area (Å²) in [5.41, 5.74) is 0.955. The normalized spacial score (nSPS) is 12.9. The van der Waals surface area contributed by atoms with Crippen LogP contribution in [-0.2, 0) is 0 Å². The molecule has 0 spiro atoms. The number of nitrogens with one attached hydrogen (secondary N) is 1. The van der Waals surface area contributed by atoms with E-state index < -0.39 is 0 Å². The predicted molar refractivity (Wildman–Crippen MR) is 73.9 cm³/mol. The van der Waals surface area contributed by atoms with Crippen LogP contribution in [0, 0.1) is 11.7 Å². The maximum absolute atomic E-state index is 12.9. The molecule has 0 aliphatic carbocycles. The Kier molecular flexibility index (Phi) is 6.88. The lowest BCUT2D eigenvalue weighted by atomic mass is 9.93. The SMILES string of the molecule is CCCNC(CC(CC)CC)c1ccc(F)cn1. The molecule has 0 saturated carbocycles. The van der Waals surface area contributed by atoms with Crippen molar-refractivity contribution < 1.29 is 4.39 Å². The standard InChI is InChI=1S/C15H25FN2/c1-4-9-17-15(10-12(5-2)6-3)14-8-7-13(16)11-18-14/h7-8,11-12,15,17H,4-6,9-10H2,1-3H3. The van der Waals surface area contributed by atoms with Crippen LogP contribution in [0.15, 0.2) is 18.3 Å². The van der Waals surface area contributed by atoms with E-state index in [4.69, 9.17) is 0 Å². The van der Waals surface area contributed by atoms with Gasteiger partial charge in [0.05, 0.1) is 11.9 Å². The first-order valence-corrected chi connectivity index (χ1v) is 7.06. The van der Waals surface area contributed by atoms with Crippen molar-refractivity contribution in [2.24, 2.45) is 5.92 Å². The van der Waals surface area contributed by atoms with Crippen molar-refractivity contribution in [1.82, 2.24) is 10.3 Å². The van der Waals surface area contributed by atoms with Gasteiger partial charge in [-0.3, -0.25) is 4.98 Å². The monoisotopic (exact) mass is 252 g/mol. The summed E-state index contributed by atoms with van der Waals surface area (Å²) in [4.78, 5) is 4.22. The molecular weight excluding hydrogens is 227 g/mol. The summed E-state index contributed by atoms with van der Waals surface area (Å²) in [5, 5.41) is 3.52. The van der Waals surface area contributed by atoms with Gasteiger partial charge in [0.2, 0.25) is 0 Å². The molecule has 0 radical (unpaired) electrons. The molecule has 3 heteroatoms. The van der Waals surface area contributed by atoms with E-state index in [1.165, 1.54) is 25.1 Å². The molecule has 1 aromatic rings. The third-order valence-electron chi connectivity index (χ3n) is 3.47. The van der Waals surface area contributed by atoms with Crippen LogP contribution in [0.5, 0.6) is 0 Å². The molecule has 1 aromatic heterocycles. The Morgan fingerprint density at radius 3 is 2.44 bits per heavy atom. The van der Waals surface area contributed by atoms with Gasteiger partial charge in [-0.05, 0) is 37.4 Å². The van der Waals surface area contributed by atoms with Crippen LogP contribution in [0.2, 0.25) is 0 Å². The Balaban J connectivity index is 2.73. The second-order valence-corrected chi connectivity index (χ2v) is 4.83. The van der Waals surface area contributed by atoms with Crippen molar-refractivity contribution in [1.29, 1.82) is 0 Å². The van der Waals surface area contributed by atoms with Crippen LogP contribution in [0.3, 0.4) is 0 Å². The molecule has 1 rings (SSSR count). The van der Waals surface area contributed by atoms with E-state index in [-0.39, 0.29) is 11.9 Å². The molecule has 1 N–H and O–H groups in total. The Morgan fingerprint density at radius 2 is 1.94 bits per heavy atom. The molecule has 102 valence electrons. The highest BCUT2D eigenvalue weighted by atomic mass is 19.1. The number of pyridine rings is 1. The topological polar surface area (TPSA) is 24.9 Å². The fraction of sp³-hybridized carbons (Fsp3) is 0.667. The molecule has 0 fully saturated rings. The molecule has 0 saturated heterocycles. The second-order valence-electron chi connectivity index (χ2n) is 4.83. The number of hydrogen-bond acceptors (Lipinski definition) is 2. The van der Waals surface area contributed by atoms with Crippen molar-refractivity contribution in [3.63, 3.8) is 0 Å². The summed E-state index contributed by atoms with van der Waals surface area (Å²) in [7, 11) is 0. The zero-order chi connectivity index (χ0) is 13.4. The van der Waals surface area contributed by atoms with Crippen molar-refractivity contribution in [2.45, 2.75) is 52.5 Å². The first-order valence-electron chi connectivity index (χ1n) is 7.06. The highest BCUT2D eigenvalue weighted by molar-refractivity contribution is 5.10. The van der Waals surface area contributed by atoms with Gasteiger partial charge in [-0.2, -0.15) is 0 Å². The maximum Gasteiger partial charge on any atom is 0.141 e. The van der Waals surface area contributed by atoms with Crippen molar-refractivity contribution in [3.8, 4) is 0 Å². The lowest BCUT2D eigenvalue weighted by molar-refractivity contribution is 0.366. The number of rotatable bonds is 8. The first-order chi connectivity index (χ1) is 8.71. The largest absolute Gasteiger partial charge is 0.309 e. The molecule has 0 aromatic carbocycles. The van der Waals surface area contributed by atoms with Gasteiger partial charge >= 0.3 is 0 Å². The first kappa shape index (κ1) is 15.1. The van der Waals surface area contributed by atoms with Crippen molar-refractivity contribution in [2.75, 3.05) is 6.54 Å². The van der Waals surface area contributed by atoms with Gasteiger partial charge < -0.3 is 5.32 Å². The smallest absolute Gasteiger partial charge is 0.141 e. The van der Waals surface area contributed by atoms with E-state index >= 15 is 0 Å². The fourth-order valence-corrected chi connectivity index (χ4v) is 2.18. The third-order valence-corrected chi connectivity index (χ3v) is 3.47. The highest BCUT2D eigenvalue weighted by Crippen LogP contribution is 2.24. The number of nitrogens with zero attached hydrogens (tertiary/aromatic N) is 1. The maximum atomic E-state index is 12.9. The summed E-state index contributed by atoms with van der Waals surface area (Å²) in [5.74, 6) is 0.432. The van der Waals surface area contributed by atoms with E-state index in [0.29, 0.717) is 5.92 Å². The van der Waals surface area contributed by atoms with Crippen LogP contribution in [-0.4, -0.2) is 11.5 Å². The lowest BCUT2D eigenvalue weighted by Gasteiger charge is -2.22. The molecule has 18 heavy (non-hydrogen) atoms. The van der Waals surface area contributed by atoms with E-state index in [2.05, 4.69) is 31.1 Å². The lowest BCUT2D eigenvalue weighted by Crippen LogP contribution is -2.25. The zero-order valence-electron chi connectivity index (χ0n) is 11.7. The zero-order valence-corrected chi connectivity index (χ0v) is 11.7. The summed E-state index contributed by atoms with van der Waals surface area (Å²) in [6.07, 6.45) is 5.85. The van der Waals surface area contributed by atoms with Gasteiger partial charge in [0, 0.05) is 6.04 Å². The molecule has 0 amide bonds. The van der Waals surface area contributed by atoms with Crippen LogP contribution >= 0.6 is 0 Å². The van der Waals surface area contributed by atoms with Crippen LogP contribution in [0.4, 0.5) is 4.39 Å². The van der Waals surface area contributed by atoms with Crippen LogP contribution in [0.25, 0.3) is 0 Å². The minimum atomic E-state index is -0.268. The van der Waals surface area contributed by atoms with Crippen LogP contribution < -0.4 is 5.32 Å². The minimum absolute atomic E-state index is 0.246. The number of aromatic nitrogens is 1. The Morgan fingerprint density at radius 1 is 1.22 bits per heavy atom. The Bertz CT molecular complexity index is 320. The number of hydrogen-bond donors (Lipinski definition) is 1. The Labute approximate surface area is 110 Å². The summed E-state index contributed by atoms with van der Waals surface area (Å²) in [6.45, 7) is 7.58. The fourth-order valence-electron chi connectivity index (χ4n) is 2.18. The van der Waals surface area contributed by atoms with E-state index in [9.17, 15) is 4.39 Å². The molecule has 0 aliphatic heterocycles. The summed E-state index contributed by atoms with van der Waals surface area (Å²) in [6, 6.07) is 3.54. The number of halogens is 1. The summed E-state index contributed by atoms with van der Waals surface area (Å²) < 4.78 is 12.9. The van der Waals surface area contributed by atoms with Gasteiger partial charge in [0.1, 0.15) is 5.82 Å². The van der Waals surface area contributed by atoms with Gasteiger partial charge in [-0.15, -0.1) is 0 Å². The van der Waals surface area contributed by atoms with E-state index in [1.54, 1.807) is 6.07 Å². The second kappa shape index (κ2) is 8.20. The molecule has 1 unspecified atom stereocenters. The molecule has 0 bridgehead atoms. The molecular formula is C15H25FN2. The molecule has 2 nitrogen and oxygen atoms in total. The van der Waals surface area contributed by atoms with Gasteiger partial charge in [0.25, 0.3) is 0 Å². The minimum Gasteiger partial charge on any atom is -0.309 e. The van der Waals surface area contributed by atoms with Crippen molar-refractivity contribution >= 4 is 0 Å². The van der Waals surface area contributed by atoms with E-state index in [0.717, 1.165) is 25.1 Å². The summed E-state index contributed by atoms with van der Waals surface area (Å²) >= 11 is 0. The van der Waals surface area contributed by atoms with Gasteiger partial charge in [-0.1, -0.05) is 33.6 Å². The molecule has 1 heterocycles. The predicted octanol–water partition coefficient (Wildman–Crippen LogP) is 4.09. The van der Waals surface area contributed by atoms with Gasteiger partial charge in [-0.25, -0.2) is 4.39 Å². The van der Waals surface area contributed by atoms with Crippen LogP contribution in [0.1, 0.15) is 58.2 Å². The average molecular weight is 252 g/mol. The molecule has 1 atom stereocenters. The van der Waals surface area contributed by atoms with Crippen molar-refractivity contribution in [3.05, 3.63) is 29.8 Å². The van der Waals surface area contributed by atoms with Gasteiger partial charge in [0.15, 0.2) is 0 Å². The average Bonchev–Trinajstić information content (AvgIpc) is 2.40. The molecule has 0 aliphatic rings. The van der Waals surface area contributed by atoms with E-state index in [1.807, 2.05) is 0 Å². The third kappa shape index (κ3) is 4.73. The highest BCUT2D eigenvalue weighted by Gasteiger charge is 2.16. The Hall–Kier alpha value is -0.960.